The van der Waals surface area contributed by atoms with Gasteiger partial charge in [-0.25, -0.2) is 15.8 Å². The first-order valence-corrected chi connectivity index (χ1v) is 7.50. The molecule has 0 radical (unpaired) electrons. The van der Waals surface area contributed by atoms with Crippen molar-refractivity contribution < 1.29 is 4.74 Å². The lowest BCUT2D eigenvalue weighted by Crippen LogP contribution is -2.32. The third-order valence-electron chi connectivity index (χ3n) is 3.51. The number of hydrogen-bond donors (Lipinski definition) is 2. The Labute approximate surface area is 122 Å². The first-order chi connectivity index (χ1) is 9.51. The van der Waals surface area contributed by atoms with Crippen LogP contribution >= 0.6 is 0 Å². The van der Waals surface area contributed by atoms with Crippen LogP contribution in [-0.4, -0.2) is 16.6 Å². The van der Waals surface area contributed by atoms with Crippen molar-refractivity contribution in [2.75, 3.05) is 12.0 Å². The molecule has 0 spiro atoms. The Bertz CT molecular complexity index is 416. The summed E-state index contributed by atoms with van der Waals surface area (Å²) in [6, 6.07) is 1.91. The van der Waals surface area contributed by atoms with E-state index >= 15 is 0 Å². The standard InChI is InChI=1S/C15H28N4O/c1-6-15(7-2,20-8-3)14-17-12(9-11(4)5)10-13(18-14)19-16/h10-11H,6-9,16H2,1-5H3,(H,17,18,19). The highest BCUT2D eigenvalue weighted by Gasteiger charge is 2.33. The zero-order valence-electron chi connectivity index (χ0n) is 13.4. The molecule has 5 heteroatoms. The number of nitrogens with one attached hydrogen (secondary N) is 1. The van der Waals surface area contributed by atoms with Crippen molar-refractivity contribution >= 4 is 5.82 Å². The van der Waals surface area contributed by atoms with E-state index in [1.807, 2.05) is 13.0 Å². The van der Waals surface area contributed by atoms with Gasteiger partial charge in [-0.3, -0.25) is 0 Å². The average Bonchev–Trinajstić information content (AvgIpc) is 2.43. The molecule has 0 aromatic carbocycles. The second-order valence-electron chi connectivity index (χ2n) is 5.44. The van der Waals surface area contributed by atoms with E-state index in [0.29, 0.717) is 18.3 Å². The topological polar surface area (TPSA) is 73.1 Å². The highest BCUT2D eigenvalue weighted by molar-refractivity contribution is 5.35. The van der Waals surface area contributed by atoms with E-state index in [4.69, 9.17) is 15.6 Å². The molecule has 5 nitrogen and oxygen atoms in total. The van der Waals surface area contributed by atoms with E-state index in [1.165, 1.54) is 0 Å². The van der Waals surface area contributed by atoms with E-state index in [0.717, 1.165) is 30.8 Å². The molecule has 0 aliphatic heterocycles. The summed E-state index contributed by atoms with van der Waals surface area (Å²) in [4.78, 5) is 9.24. The normalized spacial score (nSPS) is 11.9. The maximum Gasteiger partial charge on any atom is 0.162 e. The molecule has 114 valence electrons. The minimum atomic E-state index is -0.423. The molecular weight excluding hydrogens is 252 g/mol. The zero-order valence-corrected chi connectivity index (χ0v) is 13.4. The molecule has 1 rings (SSSR count). The number of aromatic nitrogens is 2. The molecule has 1 heterocycles. The maximum atomic E-state index is 5.98. The van der Waals surface area contributed by atoms with Crippen molar-refractivity contribution in [1.82, 2.24) is 9.97 Å². The Morgan fingerprint density at radius 1 is 1.25 bits per heavy atom. The second kappa shape index (κ2) is 7.55. The number of rotatable bonds is 8. The Hall–Kier alpha value is -1.20. The molecule has 0 amide bonds. The number of ether oxygens (including phenoxy) is 1. The summed E-state index contributed by atoms with van der Waals surface area (Å²) in [6.45, 7) is 11.2. The van der Waals surface area contributed by atoms with Gasteiger partial charge < -0.3 is 10.2 Å². The third-order valence-corrected chi connectivity index (χ3v) is 3.51. The van der Waals surface area contributed by atoms with E-state index < -0.39 is 5.60 Å². The first kappa shape index (κ1) is 16.9. The van der Waals surface area contributed by atoms with Crippen LogP contribution in [0.15, 0.2) is 6.07 Å². The minimum absolute atomic E-state index is 0.423. The monoisotopic (exact) mass is 280 g/mol. The predicted molar refractivity (Wildman–Crippen MR) is 82.3 cm³/mol. The van der Waals surface area contributed by atoms with Gasteiger partial charge in [0, 0.05) is 18.4 Å². The van der Waals surface area contributed by atoms with E-state index in [1.54, 1.807) is 0 Å². The SMILES string of the molecule is CCOC(CC)(CC)c1nc(CC(C)C)cc(NN)n1. The van der Waals surface area contributed by atoms with Gasteiger partial charge in [0.25, 0.3) is 0 Å². The lowest BCUT2D eigenvalue weighted by molar-refractivity contribution is -0.0572. The van der Waals surface area contributed by atoms with Crippen molar-refractivity contribution in [3.63, 3.8) is 0 Å². The van der Waals surface area contributed by atoms with Gasteiger partial charge in [0.05, 0.1) is 0 Å². The van der Waals surface area contributed by atoms with Gasteiger partial charge in [0.2, 0.25) is 0 Å². The van der Waals surface area contributed by atoms with Crippen LogP contribution in [0.4, 0.5) is 5.82 Å². The molecule has 0 saturated carbocycles. The fraction of sp³-hybridized carbons (Fsp3) is 0.733. The van der Waals surface area contributed by atoms with Crippen molar-refractivity contribution in [2.45, 2.75) is 59.5 Å². The van der Waals surface area contributed by atoms with Crippen molar-refractivity contribution in [1.29, 1.82) is 0 Å². The molecule has 0 aliphatic rings. The Balaban J connectivity index is 3.25. The number of hydrazine groups is 1. The molecule has 0 unspecified atom stereocenters. The maximum absolute atomic E-state index is 5.98. The summed E-state index contributed by atoms with van der Waals surface area (Å²) in [5.41, 5.74) is 3.22. The quantitative estimate of drug-likeness (QED) is 0.565. The Morgan fingerprint density at radius 2 is 1.90 bits per heavy atom. The summed E-state index contributed by atoms with van der Waals surface area (Å²) in [5.74, 6) is 7.45. The fourth-order valence-corrected chi connectivity index (χ4v) is 2.41. The molecule has 0 saturated heterocycles. The van der Waals surface area contributed by atoms with Gasteiger partial charge in [0.15, 0.2) is 5.82 Å². The third kappa shape index (κ3) is 3.90. The number of nitrogens with zero attached hydrogens (tertiary/aromatic N) is 2. The summed E-state index contributed by atoms with van der Waals surface area (Å²) < 4.78 is 5.98. The number of anilines is 1. The smallest absolute Gasteiger partial charge is 0.162 e. The second-order valence-corrected chi connectivity index (χ2v) is 5.44. The van der Waals surface area contributed by atoms with Crippen molar-refractivity contribution in [2.24, 2.45) is 11.8 Å². The van der Waals surface area contributed by atoms with Gasteiger partial charge in [0.1, 0.15) is 11.4 Å². The van der Waals surface area contributed by atoms with Crippen molar-refractivity contribution in [3.8, 4) is 0 Å². The van der Waals surface area contributed by atoms with Crippen LogP contribution in [0, 0.1) is 5.92 Å². The van der Waals surface area contributed by atoms with Crippen LogP contribution in [0.1, 0.15) is 59.0 Å². The highest BCUT2D eigenvalue weighted by Crippen LogP contribution is 2.31. The summed E-state index contributed by atoms with van der Waals surface area (Å²) in [7, 11) is 0. The lowest BCUT2D eigenvalue weighted by atomic mass is 9.95. The molecule has 0 aliphatic carbocycles. The summed E-state index contributed by atoms with van der Waals surface area (Å²) in [5, 5.41) is 0. The molecule has 3 N–H and O–H groups in total. The van der Waals surface area contributed by atoms with Crippen LogP contribution in [-0.2, 0) is 16.8 Å². The molecule has 0 atom stereocenters. The Kier molecular flexibility index (Phi) is 6.36. The predicted octanol–water partition coefficient (Wildman–Crippen LogP) is 3.01. The van der Waals surface area contributed by atoms with Gasteiger partial charge in [-0.1, -0.05) is 27.7 Å². The fourth-order valence-electron chi connectivity index (χ4n) is 2.41. The molecule has 1 aromatic rings. The molecule has 0 fully saturated rings. The average molecular weight is 280 g/mol. The molecule has 20 heavy (non-hydrogen) atoms. The van der Waals surface area contributed by atoms with Crippen LogP contribution < -0.4 is 11.3 Å². The number of nitrogens with two attached hydrogens (primary N) is 1. The highest BCUT2D eigenvalue weighted by atomic mass is 16.5. The summed E-state index contributed by atoms with van der Waals surface area (Å²) in [6.07, 6.45) is 2.58. The van der Waals surface area contributed by atoms with Crippen LogP contribution in [0.2, 0.25) is 0 Å². The molecule has 1 aromatic heterocycles. The Morgan fingerprint density at radius 3 is 2.35 bits per heavy atom. The van der Waals surface area contributed by atoms with Gasteiger partial charge in [-0.15, -0.1) is 0 Å². The van der Waals surface area contributed by atoms with E-state index in [9.17, 15) is 0 Å². The van der Waals surface area contributed by atoms with Gasteiger partial charge >= 0.3 is 0 Å². The molecule has 0 bridgehead atoms. The number of hydrogen-bond acceptors (Lipinski definition) is 5. The van der Waals surface area contributed by atoms with E-state index in [2.05, 4.69) is 38.1 Å². The van der Waals surface area contributed by atoms with E-state index in [-0.39, 0.29) is 0 Å². The lowest BCUT2D eigenvalue weighted by Gasteiger charge is -2.30. The largest absolute Gasteiger partial charge is 0.367 e. The molecular formula is C15H28N4O. The van der Waals surface area contributed by atoms with Gasteiger partial charge in [-0.05, 0) is 32.1 Å². The van der Waals surface area contributed by atoms with Crippen LogP contribution in [0.5, 0.6) is 0 Å². The van der Waals surface area contributed by atoms with Crippen LogP contribution in [0.25, 0.3) is 0 Å². The minimum Gasteiger partial charge on any atom is -0.367 e. The first-order valence-electron chi connectivity index (χ1n) is 7.50. The zero-order chi connectivity index (χ0) is 15.2. The summed E-state index contributed by atoms with van der Waals surface area (Å²) >= 11 is 0. The van der Waals surface area contributed by atoms with Crippen molar-refractivity contribution in [3.05, 3.63) is 17.6 Å². The van der Waals surface area contributed by atoms with Crippen LogP contribution in [0.3, 0.4) is 0 Å². The van der Waals surface area contributed by atoms with Gasteiger partial charge in [-0.2, -0.15) is 0 Å². The number of nitrogen functional groups attached to an aromatic ring is 1.